The van der Waals surface area contributed by atoms with Gasteiger partial charge in [0.25, 0.3) is 5.69 Å². The van der Waals surface area contributed by atoms with E-state index in [0.717, 1.165) is 0 Å². The van der Waals surface area contributed by atoms with Crippen molar-refractivity contribution in [3.8, 4) is 0 Å². The number of benzene rings is 1. The fraction of sp³-hybridized carbons (Fsp3) is 0.533. The Morgan fingerprint density at radius 1 is 1.48 bits per heavy atom. The maximum absolute atomic E-state index is 12.2. The number of nitro groups is 1. The third-order valence-electron chi connectivity index (χ3n) is 3.39. The summed E-state index contributed by atoms with van der Waals surface area (Å²) >= 11 is 5.97. The van der Waals surface area contributed by atoms with Crippen LogP contribution in [0.25, 0.3) is 0 Å². The Balaban J connectivity index is 2.20. The average molecular weight is 342 g/mol. The van der Waals surface area contributed by atoms with E-state index in [1.807, 2.05) is 0 Å². The molecule has 1 aromatic carbocycles. The molecule has 7 nitrogen and oxygen atoms in total. The van der Waals surface area contributed by atoms with Crippen LogP contribution < -0.4 is 5.32 Å². The van der Waals surface area contributed by atoms with E-state index in [4.69, 9.17) is 16.3 Å². The quantitative estimate of drug-likeness (QED) is 0.660. The number of halogens is 1. The van der Waals surface area contributed by atoms with Crippen molar-refractivity contribution in [2.24, 2.45) is 0 Å². The van der Waals surface area contributed by atoms with Gasteiger partial charge in [0.2, 0.25) is 0 Å². The Labute approximate surface area is 139 Å². The minimum Gasteiger partial charge on any atom is -0.444 e. The maximum atomic E-state index is 12.2. The predicted octanol–water partition coefficient (Wildman–Crippen LogP) is 3.13. The number of piperazine rings is 1. The van der Waals surface area contributed by atoms with Crippen molar-refractivity contribution in [2.45, 2.75) is 32.4 Å². The molecule has 0 spiro atoms. The first kappa shape index (κ1) is 17.5. The highest BCUT2D eigenvalue weighted by Gasteiger charge is 2.31. The van der Waals surface area contributed by atoms with Gasteiger partial charge in [-0.25, -0.2) is 4.79 Å². The lowest BCUT2D eigenvalue weighted by Gasteiger charge is -2.34. The van der Waals surface area contributed by atoms with E-state index in [2.05, 4.69) is 5.32 Å². The van der Waals surface area contributed by atoms with Gasteiger partial charge < -0.3 is 15.0 Å². The van der Waals surface area contributed by atoms with Crippen molar-refractivity contribution >= 4 is 23.4 Å². The Morgan fingerprint density at radius 2 is 2.17 bits per heavy atom. The first-order chi connectivity index (χ1) is 10.7. The topological polar surface area (TPSA) is 84.7 Å². The molecule has 0 radical (unpaired) electrons. The van der Waals surface area contributed by atoms with E-state index in [9.17, 15) is 14.9 Å². The third kappa shape index (κ3) is 4.56. The van der Waals surface area contributed by atoms with Gasteiger partial charge in [-0.05, 0) is 32.9 Å². The number of amides is 1. The fourth-order valence-corrected chi connectivity index (χ4v) is 2.60. The molecule has 1 atom stereocenters. The van der Waals surface area contributed by atoms with Crippen molar-refractivity contribution in [1.82, 2.24) is 10.2 Å². The highest BCUT2D eigenvalue weighted by Crippen LogP contribution is 2.30. The van der Waals surface area contributed by atoms with Crippen LogP contribution in [0.1, 0.15) is 32.4 Å². The zero-order chi connectivity index (χ0) is 17.2. The van der Waals surface area contributed by atoms with E-state index >= 15 is 0 Å². The SMILES string of the molecule is CC(C)(C)OC(=O)N1CCNC(c2cc(Cl)ccc2[N+](=O)[O-])C1. The zero-order valence-electron chi connectivity index (χ0n) is 13.3. The van der Waals surface area contributed by atoms with E-state index in [-0.39, 0.29) is 18.3 Å². The monoisotopic (exact) mass is 341 g/mol. The van der Waals surface area contributed by atoms with Gasteiger partial charge in [0.05, 0.1) is 11.0 Å². The van der Waals surface area contributed by atoms with Crippen LogP contribution in [0, 0.1) is 10.1 Å². The molecule has 0 aliphatic carbocycles. The number of nitrogens with one attached hydrogen (secondary N) is 1. The number of nitro benzene ring substituents is 1. The number of hydrogen-bond donors (Lipinski definition) is 1. The summed E-state index contributed by atoms with van der Waals surface area (Å²) in [7, 11) is 0. The highest BCUT2D eigenvalue weighted by molar-refractivity contribution is 6.30. The second kappa shape index (κ2) is 6.72. The van der Waals surface area contributed by atoms with Gasteiger partial charge in [-0.2, -0.15) is 0 Å². The molecule has 2 rings (SSSR count). The summed E-state index contributed by atoms with van der Waals surface area (Å²) in [5, 5.41) is 14.8. The first-order valence-electron chi connectivity index (χ1n) is 7.32. The first-order valence-corrected chi connectivity index (χ1v) is 7.70. The highest BCUT2D eigenvalue weighted by atomic mass is 35.5. The summed E-state index contributed by atoms with van der Waals surface area (Å²) in [4.78, 5) is 24.5. The van der Waals surface area contributed by atoms with Crippen LogP contribution in [0.15, 0.2) is 18.2 Å². The molecule has 1 saturated heterocycles. The third-order valence-corrected chi connectivity index (χ3v) is 3.62. The van der Waals surface area contributed by atoms with Gasteiger partial charge in [0, 0.05) is 36.3 Å². The predicted molar refractivity (Wildman–Crippen MR) is 86.7 cm³/mol. The largest absolute Gasteiger partial charge is 0.444 e. The van der Waals surface area contributed by atoms with Crippen molar-refractivity contribution in [2.75, 3.05) is 19.6 Å². The number of carbonyl (C=O) groups is 1. The summed E-state index contributed by atoms with van der Waals surface area (Å²) in [5.74, 6) is 0. The molecule has 8 heteroatoms. The van der Waals surface area contributed by atoms with Crippen LogP contribution in [0.4, 0.5) is 10.5 Å². The molecule has 1 aliphatic rings. The Hall–Kier alpha value is -1.86. The van der Waals surface area contributed by atoms with Gasteiger partial charge in [-0.1, -0.05) is 11.6 Å². The van der Waals surface area contributed by atoms with Crippen molar-refractivity contribution in [1.29, 1.82) is 0 Å². The summed E-state index contributed by atoms with van der Waals surface area (Å²) in [5.41, 5.74) is -0.131. The molecule has 1 heterocycles. The molecular formula is C15H20ClN3O4. The molecule has 1 unspecified atom stereocenters. The number of hydrogen-bond acceptors (Lipinski definition) is 5. The maximum Gasteiger partial charge on any atom is 0.410 e. The van der Waals surface area contributed by atoms with Gasteiger partial charge >= 0.3 is 6.09 Å². The van der Waals surface area contributed by atoms with Crippen LogP contribution in [0.3, 0.4) is 0 Å². The lowest BCUT2D eigenvalue weighted by Crippen LogP contribution is -2.49. The molecule has 1 amide bonds. The molecule has 1 aliphatic heterocycles. The summed E-state index contributed by atoms with van der Waals surface area (Å²) in [6.45, 7) is 6.69. The summed E-state index contributed by atoms with van der Waals surface area (Å²) in [6.07, 6.45) is -0.423. The van der Waals surface area contributed by atoms with Crippen molar-refractivity contribution in [3.05, 3.63) is 38.9 Å². The van der Waals surface area contributed by atoms with Crippen LogP contribution in [-0.2, 0) is 4.74 Å². The van der Waals surface area contributed by atoms with E-state index in [0.29, 0.717) is 23.7 Å². The molecule has 1 fully saturated rings. The van der Waals surface area contributed by atoms with Gasteiger partial charge in [-0.15, -0.1) is 0 Å². The Kier molecular flexibility index (Phi) is 5.11. The minimum atomic E-state index is -0.584. The molecular weight excluding hydrogens is 322 g/mol. The fourth-order valence-electron chi connectivity index (χ4n) is 2.42. The second-order valence-electron chi connectivity index (χ2n) is 6.39. The van der Waals surface area contributed by atoms with Crippen LogP contribution >= 0.6 is 11.6 Å². The molecule has 0 saturated carbocycles. The molecule has 1 aromatic rings. The van der Waals surface area contributed by atoms with Crippen molar-refractivity contribution < 1.29 is 14.5 Å². The minimum absolute atomic E-state index is 0.0158. The number of ether oxygens (including phenoxy) is 1. The smallest absolute Gasteiger partial charge is 0.410 e. The molecule has 23 heavy (non-hydrogen) atoms. The van der Waals surface area contributed by atoms with Crippen LogP contribution in [-0.4, -0.2) is 41.2 Å². The summed E-state index contributed by atoms with van der Waals surface area (Å²) < 4.78 is 5.36. The number of nitrogens with zero attached hydrogens (tertiary/aromatic N) is 2. The van der Waals surface area contributed by atoms with Crippen molar-refractivity contribution in [3.63, 3.8) is 0 Å². The van der Waals surface area contributed by atoms with E-state index < -0.39 is 16.6 Å². The van der Waals surface area contributed by atoms with E-state index in [1.54, 1.807) is 31.7 Å². The average Bonchev–Trinajstić information content (AvgIpc) is 2.45. The molecule has 1 N–H and O–H groups in total. The number of carbonyl (C=O) groups excluding carboxylic acids is 1. The van der Waals surface area contributed by atoms with Crippen LogP contribution in [0.2, 0.25) is 5.02 Å². The van der Waals surface area contributed by atoms with E-state index in [1.165, 1.54) is 12.1 Å². The number of rotatable bonds is 2. The van der Waals surface area contributed by atoms with Gasteiger partial charge in [0.15, 0.2) is 0 Å². The Morgan fingerprint density at radius 3 is 2.78 bits per heavy atom. The second-order valence-corrected chi connectivity index (χ2v) is 6.83. The molecule has 126 valence electrons. The molecule has 0 aromatic heterocycles. The Bertz CT molecular complexity index is 615. The normalized spacial score (nSPS) is 18.6. The van der Waals surface area contributed by atoms with Gasteiger partial charge in [-0.3, -0.25) is 10.1 Å². The zero-order valence-corrected chi connectivity index (χ0v) is 14.1. The van der Waals surface area contributed by atoms with Gasteiger partial charge in [0.1, 0.15) is 5.60 Å². The summed E-state index contributed by atoms with van der Waals surface area (Å²) in [6, 6.07) is 4.06. The standard InChI is InChI=1S/C15H20ClN3O4/c1-15(2,3)23-14(20)18-7-6-17-12(9-18)11-8-10(16)4-5-13(11)19(21)22/h4-5,8,12,17H,6-7,9H2,1-3H3. The lowest BCUT2D eigenvalue weighted by molar-refractivity contribution is -0.385. The van der Waals surface area contributed by atoms with Crippen LogP contribution in [0.5, 0.6) is 0 Å². The molecule has 0 bridgehead atoms. The lowest BCUT2D eigenvalue weighted by atomic mass is 10.0.